The van der Waals surface area contributed by atoms with Crippen LogP contribution in [0.15, 0.2) is 82.6 Å². The van der Waals surface area contributed by atoms with E-state index >= 15 is 0 Å². The van der Waals surface area contributed by atoms with Crippen molar-refractivity contribution in [2.75, 3.05) is 23.4 Å². The number of ether oxygens (including phenoxy) is 2. The predicted octanol–water partition coefficient (Wildman–Crippen LogP) is 4.13. The molecule has 224 valence electrons. The van der Waals surface area contributed by atoms with Gasteiger partial charge in [-0.25, -0.2) is 9.69 Å². The van der Waals surface area contributed by atoms with Crippen LogP contribution in [0.3, 0.4) is 0 Å². The summed E-state index contributed by atoms with van der Waals surface area (Å²) in [6.07, 6.45) is 0. The lowest BCUT2D eigenvalue weighted by Crippen LogP contribution is -2.32. The molecule has 1 saturated heterocycles. The van der Waals surface area contributed by atoms with Crippen LogP contribution < -0.4 is 19.8 Å². The number of aromatic hydroxyl groups is 1. The van der Waals surface area contributed by atoms with Crippen molar-refractivity contribution >= 4 is 58.2 Å². The van der Waals surface area contributed by atoms with Crippen molar-refractivity contribution in [3.05, 3.63) is 98.5 Å². The van der Waals surface area contributed by atoms with Gasteiger partial charge < -0.3 is 24.9 Å². The van der Waals surface area contributed by atoms with E-state index in [1.165, 1.54) is 36.0 Å². The Morgan fingerprint density at radius 2 is 1.66 bits per heavy atom. The molecule has 6 rings (SSSR count). The van der Waals surface area contributed by atoms with E-state index in [1.807, 2.05) is 0 Å². The lowest BCUT2D eigenvalue weighted by molar-refractivity contribution is -0.122. The summed E-state index contributed by atoms with van der Waals surface area (Å²) in [4.78, 5) is 68.7. The molecule has 0 saturated carbocycles. The second kappa shape index (κ2) is 12.0. The fourth-order valence-corrected chi connectivity index (χ4v) is 7.77. The molecular formula is C31H25N3O8S2. The number of aromatic nitrogens is 1. The first-order valence-electron chi connectivity index (χ1n) is 13.6. The van der Waals surface area contributed by atoms with Crippen LogP contribution in [-0.4, -0.2) is 52.2 Å². The third-order valence-electron chi connectivity index (χ3n) is 7.22. The molecule has 3 heterocycles. The summed E-state index contributed by atoms with van der Waals surface area (Å²) in [6.45, 7) is 1.67. The van der Waals surface area contributed by atoms with Crippen LogP contribution in [0.1, 0.15) is 33.6 Å². The molecule has 1 fully saturated rings. The highest BCUT2D eigenvalue weighted by molar-refractivity contribution is 8.00. The van der Waals surface area contributed by atoms with E-state index in [-0.39, 0.29) is 29.7 Å². The fourth-order valence-electron chi connectivity index (χ4n) is 5.25. The minimum Gasteiger partial charge on any atom is -0.508 e. The standard InChI is InChI=1S/C31H25N3O8S2/c1-2-41-30(39)17-3-9-19(10-4-17)34-28(37)24-23(25-27(33-31(40)44-25)43-26(24)29(34)38)16-5-13-21(14-6-16)42-15-22(36)32-18-7-11-20(35)12-8-18/h3-14,23-24,26,35H,2,15H2,1H3,(H,32,36)(H,33,40). The molecule has 3 N–H and O–H groups in total. The van der Waals surface area contributed by atoms with Gasteiger partial charge in [0.05, 0.1) is 28.8 Å². The maximum absolute atomic E-state index is 13.9. The van der Waals surface area contributed by atoms with Gasteiger partial charge >= 0.3 is 10.8 Å². The third-order valence-corrected chi connectivity index (χ3v) is 9.62. The van der Waals surface area contributed by atoms with Crippen LogP contribution >= 0.6 is 23.1 Å². The lowest BCUT2D eigenvalue weighted by atomic mass is 9.83. The highest BCUT2D eigenvalue weighted by Crippen LogP contribution is 2.53. The molecule has 13 heteroatoms. The summed E-state index contributed by atoms with van der Waals surface area (Å²) in [6, 6.07) is 19.0. The molecule has 3 aromatic carbocycles. The Labute approximate surface area is 258 Å². The Kier molecular flexibility index (Phi) is 7.97. The maximum Gasteiger partial charge on any atom is 0.338 e. The van der Waals surface area contributed by atoms with Crippen molar-refractivity contribution in [3.8, 4) is 11.5 Å². The van der Waals surface area contributed by atoms with Gasteiger partial charge in [-0.2, -0.15) is 0 Å². The zero-order valence-electron chi connectivity index (χ0n) is 23.1. The number of phenols is 1. The van der Waals surface area contributed by atoms with Gasteiger partial charge in [-0.3, -0.25) is 19.2 Å². The van der Waals surface area contributed by atoms with E-state index in [0.29, 0.717) is 38.2 Å². The molecule has 2 aliphatic heterocycles. The molecule has 1 aromatic heterocycles. The summed E-state index contributed by atoms with van der Waals surface area (Å²) in [7, 11) is 0. The highest BCUT2D eigenvalue weighted by atomic mass is 32.2. The molecule has 44 heavy (non-hydrogen) atoms. The van der Waals surface area contributed by atoms with Gasteiger partial charge in [0.15, 0.2) is 6.61 Å². The number of hydrogen-bond donors (Lipinski definition) is 3. The molecule has 0 radical (unpaired) electrons. The number of aromatic amines is 1. The molecule has 0 bridgehead atoms. The number of anilines is 2. The zero-order chi connectivity index (χ0) is 31.0. The number of H-pyrrole nitrogens is 1. The number of nitrogens with zero attached hydrogens (tertiary/aromatic N) is 1. The second-order valence-electron chi connectivity index (χ2n) is 9.98. The second-order valence-corrected chi connectivity index (χ2v) is 12.1. The number of carbonyl (C=O) groups is 4. The number of hydrogen-bond acceptors (Lipinski definition) is 10. The molecule has 11 nitrogen and oxygen atoms in total. The summed E-state index contributed by atoms with van der Waals surface area (Å²) >= 11 is 2.18. The maximum atomic E-state index is 13.9. The first kappa shape index (κ1) is 29.2. The Balaban J connectivity index is 1.22. The molecular weight excluding hydrogens is 606 g/mol. The number of esters is 1. The monoisotopic (exact) mass is 631 g/mol. The smallest absolute Gasteiger partial charge is 0.338 e. The number of phenolic OH excluding ortho intramolecular Hbond substituents is 1. The van der Waals surface area contributed by atoms with E-state index in [9.17, 15) is 29.1 Å². The van der Waals surface area contributed by atoms with Crippen LogP contribution in [-0.2, 0) is 19.1 Å². The van der Waals surface area contributed by atoms with Gasteiger partial charge in [0.2, 0.25) is 11.8 Å². The van der Waals surface area contributed by atoms with Crippen LogP contribution in [0.25, 0.3) is 0 Å². The van der Waals surface area contributed by atoms with Gasteiger partial charge in [0.25, 0.3) is 5.91 Å². The number of carbonyl (C=O) groups excluding carboxylic acids is 4. The minimum absolute atomic E-state index is 0.0855. The quantitative estimate of drug-likeness (QED) is 0.148. The van der Waals surface area contributed by atoms with E-state index in [1.54, 1.807) is 55.5 Å². The van der Waals surface area contributed by atoms with Crippen LogP contribution in [0.4, 0.5) is 11.4 Å². The number of fused-ring (bicyclic) bond motifs is 2. The summed E-state index contributed by atoms with van der Waals surface area (Å²) in [5.74, 6) is -2.56. The predicted molar refractivity (Wildman–Crippen MR) is 163 cm³/mol. The molecule has 3 unspecified atom stereocenters. The van der Waals surface area contributed by atoms with Crippen molar-refractivity contribution in [2.24, 2.45) is 5.92 Å². The van der Waals surface area contributed by atoms with Crippen LogP contribution in [0.5, 0.6) is 11.5 Å². The SMILES string of the molecule is CCOC(=O)c1ccc(N2C(=O)C3Sc4[nH]c(=O)sc4C(c4ccc(OCC(=O)Nc5ccc(O)cc5)cc4)C3C2=O)cc1. The summed E-state index contributed by atoms with van der Waals surface area (Å²) in [5, 5.41) is 11.9. The number of amides is 3. The Bertz CT molecular complexity index is 1800. The first-order chi connectivity index (χ1) is 21.2. The number of imide groups is 1. The fraction of sp³-hybridized carbons (Fsp3) is 0.194. The van der Waals surface area contributed by atoms with Crippen molar-refractivity contribution in [1.82, 2.24) is 4.98 Å². The lowest BCUT2D eigenvalue weighted by Gasteiger charge is -2.29. The molecule has 3 amide bonds. The van der Waals surface area contributed by atoms with Crippen molar-refractivity contribution < 1.29 is 33.8 Å². The summed E-state index contributed by atoms with van der Waals surface area (Å²) < 4.78 is 10.7. The number of rotatable bonds is 8. The molecule has 2 aliphatic rings. The van der Waals surface area contributed by atoms with Crippen LogP contribution in [0.2, 0.25) is 0 Å². The average Bonchev–Trinajstić information content (AvgIpc) is 3.51. The van der Waals surface area contributed by atoms with Crippen molar-refractivity contribution in [3.63, 3.8) is 0 Å². The number of thiazole rings is 1. The van der Waals surface area contributed by atoms with E-state index in [4.69, 9.17) is 9.47 Å². The first-order valence-corrected chi connectivity index (χ1v) is 15.3. The van der Waals surface area contributed by atoms with Gasteiger partial charge in [-0.1, -0.05) is 35.2 Å². The molecule has 0 spiro atoms. The minimum atomic E-state index is -0.779. The number of thioether (sulfide) groups is 1. The average molecular weight is 632 g/mol. The van der Waals surface area contributed by atoms with E-state index in [2.05, 4.69) is 10.3 Å². The van der Waals surface area contributed by atoms with E-state index in [0.717, 1.165) is 16.2 Å². The third kappa shape index (κ3) is 5.58. The number of nitrogens with one attached hydrogen (secondary N) is 2. The highest BCUT2D eigenvalue weighted by Gasteiger charge is 2.56. The van der Waals surface area contributed by atoms with Gasteiger partial charge in [-0.15, -0.1) is 0 Å². The molecule has 4 aromatic rings. The zero-order valence-corrected chi connectivity index (χ0v) is 24.8. The Morgan fingerprint density at radius 1 is 0.955 bits per heavy atom. The van der Waals surface area contributed by atoms with Gasteiger partial charge in [0.1, 0.15) is 16.7 Å². The summed E-state index contributed by atoms with van der Waals surface area (Å²) in [5.41, 5.74) is 1.86. The Hall–Kier alpha value is -4.88. The normalized spacial score (nSPS) is 18.8. The molecule has 3 atom stereocenters. The number of benzene rings is 3. The van der Waals surface area contributed by atoms with Crippen LogP contribution in [0, 0.1) is 5.92 Å². The van der Waals surface area contributed by atoms with E-state index < -0.39 is 34.9 Å². The van der Waals surface area contributed by atoms with Gasteiger partial charge in [-0.05, 0) is 73.2 Å². The van der Waals surface area contributed by atoms with Crippen molar-refractivity contribution in [1.29, 1.82) is 0 Å². The van der Waals surface area contributed by atoms with Gasteiger partial charge in [0, 0.05) is 16.5 Å². The largest absolute Gasteiger partial charge is 0.508 e. The van der Waals surface area contributed by atoms with Crippen molar-refractivity contribution in [2.45, 2.75) is 23.1 Å². The topological polar surface area (TPSA) is 155 Å². The molecule has 0 aliphatic carbocycles. The Morgan fingerprint density at radius 3 is 2.34 bits per heavy atom.